The van der Waals surface area contributed by atoms with Gasteiger partial charge in [0.05, 0.1) is 12.8 Å². The van der Waals surface area contributed by atoms with Gasteiger partial charge in [0.1, 0.15) is 11.6 Å². The number of hydrogen-bond donors (Lipinski definition) is 0. The van der Waals surface area contributed by atoms with Crippen LogP contribution in [0.3, 0.4) is 0 Å². The third-order valence-electron chi connectivity index (χ3n) is 7.33. The second-order valence-electron chi connectivity index (χ2n) is 10.4. The Morgan fingerprint density at radius 2 is 1.89 bits per heavy atom. The summed E-state index contributed by atoms with van der Waals surface area (Å²) in [5.41, 5.74) is 7.68. The first-order valence-electron chi connectivity index (χ1n) is 13.1. The Kier molecular flexibility index (Phi) is 8.23. The van der Waals surface area contributed by atoms with Gasteiger partial charge in [-0.3, -0.25) is 4.90 Å². The summed E-state index contributed by atoms with van der Waals surface area (Å²) in [6.45, 7) is 14.0. The lowest BCUT2D eigenvalue weighted by Crippen LogP contribution is -2.36. The Labute approximate surface area is 216 Å². The summed E-state index contributed by atoms with van der Waals surface area (Å²) in [4.78, 5) is 7.58. The molecule has 1 atom stereocenters. The van der Waals surface area contributed by atoms with Crippen LogP contribution >= 0.6 is 11.6 Å². The molecule has 2 aromatic carbocycles. The van der Waals surface area contributed by atoms with Crippen molar-refractivity contribution in [2.75, 3.05) is 13.7 Å². The highest BCUT2D eigenvalue weighted by Crippen LogP contribution is 2.39. The van der Waals surface area contributed by atoms with Gasteiger partial charge in [-0.05, 0) is 73.4 Å². The zero-order chi connectivity index (χ0) is 25.1. The molecule has 4 nitrogen and oxygen atoms in total. The number of nitrogens with zero attached hydrogens (tertiary/aromatic N) is 3. The molecule has 4 rings (SSSR count). The van der Waals surface area contributed by atoms with Crippen molar-refractivity contribution in [2.24, 2.45) is 5.92 Å². The molecule has 1 unspecified atom stereocenters. The van der Waals surface area contributed by atoms with Crippen molar-refractivity contribution in [1.82, 2.24) is 14.5 Å². The number of hydrogen-bond acceptors (Lipinski definition) is 3. The fourth-order valence-electron chi connectivity index (χ4n) is 5.49. The van der Waals surface area contributed by atoms with Gasteiger partial charge in [-0.25, -0.2) is 4.98 Å². The van der Waals surface area contributed by atoms with E-state index < -0.39 is 0 Å². The number of fused-ring (bicyclic) bond motifs is 1. The molecule has 188 valence electrons. The van der Waals surface area contributed by atoms with Crippen LogP contribution in [0.2, 0.25) is 5.15 Å². The van der Waals surface area contributed by atoms with Crippen molar-refractivity contribution in [2.45, 2.75) is 79.4 Å². The third kappa shape index (κ3) is 5.44. The first-order valence-corrected chi connectivity index (χ1v) is 13.4. The fourth-order valence-corrected chi connectivity index (χ4v) is 5.74. The van der Waals surface area contributed by atoms with Gasteiger partial charge < -0.3 is 9.30 Å². The SMILES string of the molecule is CCCCn1c(-c2c(C)cccc2C)nc(Cl)c1CN1CCc2cc(OC)ccc2C1CC(C)C. The summed E-state index contributed by atoms with van der Waals surface area (Å²) in [7, 11) is 1.75. The molecule has 0 saturated carbocycles. The molecule has 1 aromatic heterocycles. The fraction of sp³-hybridized carbons (Fsp3) is 0.500. The summed E-state index contributed by atoms with van der Waals surface area (Å²) in [5, 5.41) is 0.641. The molecule has 2 heterocycles. The molecule has 0 saturated heterocycles. The van der Waals surface area contributed by atoms with Crippen molar-refractivity contribution in [3.05, 3.63) is 69.5 Å². The van der Waals surface area contributed by atoms with E-state index in [0.29, 0.717) is 17.1 Å². The molecular formula is C30H40ClN3O. The number of unbranched alkanes of at least 4 members (excludes halogenated alkanes) is 1. The van der Waals surface area contributed by atoms with E-state index in [1.807, 2.05) is 0 Å². The lowest BCUT2D eigenvalue weighted by Gasteiger charge is -2.38. The zero-order valence-electron chi connectivity index (χ0n) is 22.2. The Morgan fingerprint density at radius 1 is 1.14 bits per heavy atom. The van der Waals surface area contributed by atoms with Gasteiger partial charge in [0.25, 0.3) is 0 Å². The zero-order valence-corrected chi connectivity index (χ0v) is 23.0. The summed E-state index contributed by atoms with van der Waals surface area (Å²) < 4.78 is 7.91. The Morgan fingerprint density at radius 3 is 2.54 bits per heavy atom. The molecule has 0 fully saturated rings. The van der Waals surface area contributed by atoms with E-state index in [4.69, 9.17) is 21.3 Å². The van der Waals surface area contributed by atoms with E-state index in [1.165, 1.54) is 27.8 Å². The van der Waals surface area contributed by atoms with Crippen LogP contribution in [-0.4, -0.2) is 28.1 Å². The summed E-state index contributed by atoms with van der Waals surface area (Å²) >= 11 is 6.92. The van der Waals surface area contributed by atoms with Gasteiger partial charge in [-0.2, -0.15) is 0 Å². The average molecular weight is 494 g/mol. The first-order chi connectivity index (χ1) is 16.8. The molecule has 1 aliphatic heterocycles. The minimum atomic E-state index is 0.360. The predicted molar refractivity (Wildman–Crippen MR) is 146 cm³/mol. The van der Waals surface area contributed by atoms with Gasteiger partial charge in [-0.1, -0.05) is 63.1 Å². The number of ether oxygens (including phenoxy) is 1. The third-order valence-corrected chi connectivity index (χ3v) is 7.63. The molecule has 3 aromatic rings. The average Bonchev–Trinajstić information content (AvgIpc) is 3.12. The Hall–Kier alpha value is -2.30. The number of methoxy groups -OCH3 is 1. The van der Waals surface area contributed by atoms with Crippen LogP contribution in [0.5, 0.6) is 5.75 Å². The molecule has 1 aliphatic rings. The van der Waals surface area contributed by atoms with E-state index in [-0.39, 0.29) is 0 Å². The molecule has 0 bridgehead atoms. The van der Waals surface area contributed by atoms with Crippen molar-refractivity contribution < 1.29 is 4.74 Å². The largest absolute Gasteiger partial charge is 0.497 e. The number of rotatable bonds is 9. The quantitative estimate of drug-likeness (QED) is 0.305. The highest BCUT2D eigenvalue weighted by Gasteiger charge is 2.30. The Bertz CT molecular complexity index is 1150. The standard InChI is InChI=1S/C30H40ClN3O/c1-7-8-15-34-27(29(31)32-30(34)28-21(4)10-9-11-22(28)5)19-33-16-14-23-18-24(35-6)12-13-25(23)26(33)17-20(2)3/h9-13,18,20,26H,7-8,14-17,19H2,1-6H3. The van der Waals surface area contributed by atoms with E-state index in [0.717, 1.165) is 62.6 Å². The molecule has 0 aliphatic carbocycles. The lowest BCUT2D eigenvalue weighted by molar-refractivity contribution is 0.150. The van der Waals surface area contributed by atoms with E-state index >= 15 is 0 Å². The molecule has 0 spiro atoms. The van der Waals surface area contributed by atoms with Gasteiger partial charge in [-0.15, -0.1) is 0 Å². The van der Waals surface area contributed by atoms with Crippen LogP contribution < -0.4 is 4.74 Å². The second kappa shape index (κ2) is 11.2. The summed E-state index contributed by atoms with van der Waals surface area (Å²) in [6.07, 6.45) is 4.38. The lowest BCUT2D eigenvalue weighted by atomic mass is 9.87. The number of benzene rings is 2. The number of aryl methyl sites for hydroxylation is 2. The van der Waals surface area contributed by atoms with Gasteiger partial charge >= 0.3 is 0 Å². The topological polar surface area (TPSA) is 30.3 Å². The highest BCUT2D eigenvalue weighted by molar-refractivity contribution is 6.30. The maximum Gasteiger partial charge on any atom is 0.152 e. The molecule has 5 heteroatoms. The number of imidazole rings is 1. The smallest absolute Gasteiger partial charge is 0.152 e. The van der Waals surface area contributed by atoms with Crippen LogP contribution in [0.15, 0.2) is 36.4 Å². The molecule has 0 N–H and O–H groups in total. The molecule has 0 radical (unpaired) electrons. The minimum absolute atomic E-state index is 0.360. The van der Waals surface area contributed by atoms with Crippen molar-refractivity contribution in [3.63, 3.8) is 0 Å². The highest BCUT2D eigenvalue weighted by atomic mass is 35.5. The van der Waals surface area contributed by atoms with Crippen molar-refractivity contribution in [1.29, 1.82) is 0 Å². The Balaban J connectivity index is 1.74. The van der Waals surface area contributed by atoms with Crippen molar-refractivity contribution >= 4 is 11.6 Å². The normalized spacial score (nSPS) is 16.1. The first kappa shape index (κ1) is 25.8. The van der Waals surface area contributed by atoms with Crippen LogP contribution in [0.4, 0.5) is 0 Å². The van der Waals surface area contributed by atoms with Crippen LogP contribution in [0, 0.1) is 19.8 Å². The molecule has 0 amide bonds. The second-order valence-corrected chi connectivity index (χ2v) is 10.7. The predicted octanol–water partition coefficient (Wildman–Crippen LogP) is 7.77. The molecule has 35 heavy (non-hydrogen) atoms. The van der Waals surface area contributed by atoms with Gasteiger partial charge in [0, 0.05) is 31.2 Å². The number of aromatic nitrogens is 2. The summed E-state index contributed by atoms with van der Waals surface area (Å²) in [5.74, 6) is 2.55. The number of halogens is 1. The maximum atomic E-state index is 6.92. The monoisotopic (exact) mass is 493 g/mol. The van der Waals surface area contributed by atoms with Crippen LogP contribution in [0.1, 0.15) is 74.0 Å². The van der Waals surface area contributed by atoms with Crippen LogP contribution in [0.25, 0.3) is 11.4 Å². The van der Waals surface area contributed by atoms with E-state index in [2.05, 4.69) is 80.5 Å². The minimum Gasteiger partial charge on any atom is -0.497 e. The van der Waals surface area contributed by atoms with E-state index in [9.17, 15) is 0 Å². The van der Waals surface area contributed by atoms with E-state index in [1.54, 1.807) is 7.11 Å². The van der Waals surface area contributed by atoms with Crippen molar-refractivity contribution in [3.8, 4) is 17.1 Å². The maximum absolute atomic E-state index is 6.92. The molecular weight excluding hydrogens is 454 g/mol. The van der Waals surface area contributed by atoms with Gasteiger partial charge in [0.2, 0.25) is 0 Å². The van der Waals surface area contributed by atoms with Crippen LogP contribution in [-0.2, 0) is 19.5 Å². The van der Waals surface area contributed by atoms with Gasteiger partial charge in [0.15, 0.2) is 5.15 Å². The summed E-state index contributed by atoms with van der Waals surface area (Å²) in [6, 6.07) is 13.4.